The lowest BCUT2D eigenvalue weighted by Crippen LogP contribution is -2.50. The molecule has 2 aromatic rings. The molecule has 1 aliphatic heterocycles. The molecule has 1 aromatic carbocycles. The number of aliphatic hydroxyl groups excluding tert-OH is 1. The van der Waals surface area contributed by atoms with Crippen LogP contribution in [-0.4, -0.2) is 64.2 Å². The largest absolute Gasteiger partial charge is 0.385 e. The molecule has 1 saturated heterocycles. The molecule has 4 N–H and O–H groups in total. The van der Waals surface area contributed by atoms with Gasteiger partial charge in [-0.3, -0.25) is 19.5 Å². The van der Waals surface area contributed by atoms with Gasteiger partial charge in [0.05, 0.1) is 11.3 Å². The van der Waals surface area contributed by atoms with Crippen LogP contribution in [0.15, 0.2) is 30.5 Å². The van der Waals surface area contributed by atoms with Crippen LogP contribution in [0.3, 0.4) is 0 Å². The number of hydrogen-bond acceptors (Lipinski definition) is 6. The van der Waals surface area contributed by atoms with Crippen LogP contribution < -0.4 is 15.5 Å². The first kappa shape index (κ1) is 22.9. The minimum absolute atomic E-state index is 0.0809. The van der Waals surface area contributed by atoms with Gasteiger partial charge in [0, 0.05) is 25.8 Å². The lowest BCUT2D eigenvalue weighted by Gasteiger charge is -2.35. The molecule has 1 aliphatic carbocycles. The van der Waals surface area contributed by atoms with E-state index >= 15 is 0 Å². The standard InChI is InChI=1S/C23H28FN5O4/c1-14(30)20(31)19-16(24)3-2-4-18(19)29-11-6-15(7-12-29)13-25-22(33)23(8-9-23)27-21(32)17-5-10-26-28-17/h2-5,10,14-15,30H,6-9,11-13H2,1H3,(H,25,33)(H,26,28)(H,27,32). The number of anilines is 1. The monoisotopic (exact) mass is 457 g/mol. The smallest absolute Gasteiger partial charge is 0.272 e. The molecule has 1 saturated carbocycles. The number of hydrogen-bond donors (Lipinski definition) is 4. The number of carbonyl (C=O) groups is 3. The zero-order valence-corrected chi connectivity index (χ0v) is 18.4. The predicted octanol–water partition coefficient (Wildman–Crippen LogP) is 1.41. The maximum absolute atomic E-state index is 14.4. The van der Waals surface area contributed by atoms with Gasteiger partial charge >= 0.3 is 0 Å². The fourth-order valence-electron chi connectivity index (χ4n) is 4.22. The average molecular weight is 458 g/mol. The number of amides is 2. The lowest BCUT2D eigenvalue weighted by atomic mass is 9.94. The zero-order valence-electron chi connectivity index (χ0n) is 18.4. The molecular formula is C23H28FN5O4. The van der Waals surface area contributed by atoms with E-state index in [1.165, 1.54) is 13.0 Å². The third-order valence-corrected chi connectivity index (χ3v) is 6.39. The number of nitrogens with zero attached hydrogens (tertiary/aromatic N) is 2. The van der Waals surface area contributed by atoms with Gasteiger partial charge in [0.1, 0.15) is 23.2 Å². The Balaban J connectivity index is 1.30. The maximum atomic E-state index is 14.4. The Hall–Kier alpha value is -3.27. The van der Waals surface area contributed by atoms with Gasteiger partial charge in [-0.05, 0) is 56.7 Å². The molecule has 1 unspecified atom stereocenters. The van der Waals surface area contributed by atoms with Crippen molar-refractivity contribution in [1.29, 1.82) is 0 Å². The highest BCUT2D eigenvalue weighted by atomic mass is 19.1. The van der Waals surface area contributed by atoms with Gasteiger partial charge in [-0.15, -0.1) is 0 Å². The number of H-pyrrole nitrogens is 1. The van der Waals surface area contributed by atoms with Crippen molar-refractivity contribution < 1.29 is 23.9 Å². The first-order valence-corrected chi connectivity index (χ1v) is 11.2. The van der Waals surface area contributed by atoms with Gasteiger partial charge in [-0.1, -0.05) is 6.07 Å². The lowest BCUT2D eigenvalue weighted by molar-refractivity contribution is -0.124. The molecule has 2 aliphatic rings. The van der Waals surface area contributed by atoms with Crippen LogP contribution in [-0.2, 0) is 4.79 Å². The quantitative estimate of drug-likeness (QED) is 0.444. The summed E-state index contributed by atoms with van der Waals surface area (Å²) in [4.78, 5) is 39.2. The summed E-state index contributed by atoms with van der Waals surface area (Å²) in [5.74, 6) is -1.62. The van der Waals surface area contributed by atoms with Crippen molar-refractivity contribution in [2.24, 2.45) is 5.92 Å². The van der Waals surface area contributed by atoms with Crippen LogP contribution in [0.1, 0.15) is 53.5 Å². The maximum Gasteiger partial charge on any atom is 0.272 e. The van der Waals surface area contributed by atoms with E-state index in [1.54, 1.807) is 24.4 Å². The Morgan fingerprint density at radius 2 is 2.00 bits per heavy atom. The third-order valence-electron chi connectivity index (χ3n) is 6.39. The van der Waals surface area contributed by atoms with Crippen molar-refractivity contribution in [2.75, 3.05) is 24.5 Å². The highest BCUT2D eigenvalue weighted by molar-refractivity contribution is 6.04. The summed E-state index contributed by atoms with van der Waals surface area (Å²) in [6.07, 6.45) is 2.96. The molecule has 2 fully saturated rings. The van der Waals surface area contributed by atoms with Crippen molar-refractivity contribution in [3.63, 3.8) is 0 Å². The van der Waals surface area contributed by atoms with Gasteiger partial charge in [0.2, 0.25) is 5.91 Å². The molecule has 9 nitrogen and oxygen atoms in total. The van der Waals surface area contributed by atoms with Crippen molar-refractivity contribution in [3.8, 4) is 0 Å². The number of rotatable bonds is 8. The molecule has 2 heterocycles. The van der Waals surface area contributed by atoms with Gasteiger partial charge in [-0.2, -0.15) is 5.10 Å². The molecule has 0 bridgehead atoms. The molecular weight excluding hydrogens is 429 g/mol. The Morgan fingerprint density at radius 1 is 1.27 bits per heavy atom. The molecule has 0 radical (unpaired) electrons. The number of carbonyl (C=O) groups excluding carboxylic acids is 3. The summed E-state index contributed by atoms with van der Waals surface area (Å²) < 4.78 is 14.4. The number of aromatic nitrogens is 2. The summed E-state index contributed by atoms with van der Waals surface area (Å²) in [5.41, 5.74) is -0.217. The number of aliphatic hydroxyl groups is 1. The van der Waals surface area contributed by atoms with Crippen LogP contribution in [0, 0.1) is 11.7 Å². The second-order valence-electron chi connectivity index (χ2n) is 8.81. The number of halogens is 1. The minimum atomic E-state index is -1.28. The van der Waals surface area contributed by atoms with Gasteiger partial charge in [0.15, 0.2) is 5.78 Å². The summed E-state index contributed by atoms with van der Waals surface area (Å²) in [7, 11) is 0. The second kappa shape index (κ2) is 9.30. The Morgan fingerprint density at radius 3 is 2.61 bits per heavy atom. The molecule has 0 spiro atoms. The van der Waals surface area contributed by atoms with Crippen molar-refractivity contribution in [2.45, 2.75) is 44.2 Å². The average Bonchev–Trinajstić information content (AvgIpc) is 3.37. The van der Waals surface area contributed by atoms with E-state index in [9.17, 15) is 23.9 Å². The fraction of sp³-hybridized carbons (Fsp3) is 0.478. The van der Waals surface area contributed by atoms with Gasteiger partial charge < -0.3 is 20.6 Å². The molecule has 4 rings (SSSR count). The van der Waals surface area contributed by atoms with E-state index in [2.05, 4.69) is 20.8 Å². The van der Waals surface area contributed by atoms with E-state index in [1.807, 2.05) is 4.90 Å². The molecule has 2 amide bonds. The van der Waals surface area contributed by atoms with Crippen molar-refractivity contribution >= 4 is 23.3 Å². The summed E-state index contributed by atoms with van der Waals surface area (Å²) in [5, 5.41) is 21.8. The molecule has 176 valence electrons. The van der Waals surface area contributed by atoms with Gasteiger partial charge in [0.25, 0.3) is 5.91 Å². The normalized spacial score (nSPS) is 18.5. The summed E-state index contributed by atoms with van der Waals surface area (Å²) >= 11 is 0. The van der Waals surface area contributed by atoms with Crippen LogP contribution in [0.2, 0.25) is 0 Å². The van der Waals surface area contributed by atoms with Crippen LogP contribution >= 0.6 is 0 Å². The Labute approximate surface area is 190 Å². The number of benzene rings is 1. The highest BCUT2D eigenvalue weighted by Crippen LogP contribution is 2.36. The Kier molecular flexibility index (Phi) is 6.46. The molecule has 1 aromatic heterocycles. The molecule has 1 atom stereocenters. The van der Waals surface area contributed by atoms with E-state index in [4.69, 9.17) is 0 Å². The van der Waals surface area contributed by atoms with Crippen molar-refractivity contribution in [1.82, 2.24) is 20.8 Å². The van der Waals surface area contributed by atoms with Gasteiger partial charge in [-0.25, -0.2) is 4.39 Å². The predicted molar refractivity (Wildman–Crippen MR) is 118 cm³/mol. The van der Waals surface area contributed by atoms with Crippen LogP contribution in [0.5, 0.6) is 0 Å². The Bertz CT molecular complexity index is 1030. The number of ketones is 1. The minimum Gasteiger partial charge on any atom is -0.385 e. The molecule has 33 heavy (non-hydrogen) atoms. The van der Waals surface area contributed by atoms with Crippen molar-refractivity contribution in [3.05, 3.63) is 47.5 Å². The second-order valence-corrected chi connectivity index (χ2v) is 8.81. The zero-order chi connectivity index (χ0) is 23.6. The first-order chi connectivity index (χ1) is 15.8. The number of aromatic amines is 1. The van der Waals surface area contributed by atoms with E-state index in [0.29, 0.717) is 38.2 Å². The van der Waals surface area contributed by atoms with E-state index < -0.39 is 23.2 Å². The fourth-order valence-corrected chi connectivity index (χ4v) is 4.22. The van der Waals surface area contributed by atoms with Crippen LogP contribution in [0.4, 0.5) is 10.1 Å². The summed E-state index contributed by atoms with van der Waals surface area (Å²) in [6, 6.07) is 6.03. The topological polar surface area (TPSA) is 127 Å². The third kappa shape index (κ3) is 4.90. The number of Topliss-reactive ketones (excluding diaryl/α,β-unsaturated/α-hetero) is 1. The number of nitrogens with one attached hydrogen (secondary N) is 3. The SMILES string of the molecule is CC(O)C(=O)c1c(F)cccc1N1CCC(CNC(=O)C2(NC(=O)c3cc[nH]n3)CC2)CC1. The van der Waals surface area contributed by atoms with E-state index in [-0.39, 0.29) is 29.0 Å². The first-order valence-electron chi connectivity index (χ1n) is 11.2. The van der Waals surface area contributed by atoms with E-state index in [0.717, 1.165) is 12.8 Å². The highest BCUT2D eigenvalue weighted by Gasteiger charge is 2.51. The number of piperidine rings is 1. The van der Waals surface area contributed by atoms with Crippen LogP contribution in [0.25, 0.3) is 0 Å². The summed E-state index contributed by atoms with van der Waals surface area (Å²) in [6.45, 7) is 3.02. The molecule has 10 heteroatoms.